The fraction of sp³-hybridized carbons (Fsp3) is 0.0667. The molecular weight excluding hydrogens is 569 g/mol. The van der Waals surface area contributed by atoms with Crippen LogP contribution in [0.25, 0.3) is 32.7 Å². The van der Waals surface area contributed by atoms with Crippen molar-refractivity contribution in [1.29, 1.82) is 0 Å². The van der Waals surface area contributed by atoms with E-state index in [1.807, 2.05) is 0 Å². The van der Waals surface area contributed by atoms with Crippen molar-refractivity contribution in [3.63, 3.8) is 0 Å². The first-order valence-electron chi connectivity index (χ1n) is 16.4. The molecule has 226 valence electrons. The lowest BCUT2D eigenvalue weighted by molar-refractivity contribution is 0.696. The molecule has 47 heavy (non-hydrogen) atoms. The summed E-state index contributed by atoms with van der Waals surface area (Å²) in [7, 11) is 0. The zero-order valence-corrected chi connectivity index (χ0v) is 26.5. The average molecular weight is 605 g/mol. The lowest BCUT2D eigenvalue weighted by Crippen LogP contribution is -2.19. The van der Waals surface area contributed by atoms with Crippen LogP contribution < -0.4 is 9.80 Å². The van der Waals surface area contributed by atoms with Gasteiger partial charge in [-0.05, 0) is 88.8 Å². The quantitative estimate of drug-likeness (QED) is 0.179. The molecule has 1 atom stereocenters. The van der Waals surface area contributed by atoms with Crippen molar-refractivity contribution in [3.8, 4) is 11.1 Å². The van der Waals surface area contributed by atoms with Crippen LogP contribution in [0.15, 0.2) is 188 Å². The summed E-state index contributed by atoms with van der Waals surface area (Å²) >= 11 is 0. The molecule has 0 saturated carbocycles. The van der Waals surface area contributed by atoms with Gasteiger partial charge in [-0.25, -0.2) is 0 Å². The highest BCUT2D eigenvalue weighted by molar-refractivity contribution is 5.99. The summed E-state index contributed by atoms with van der Waals surface area (Å²) in [5.74, 6) is 0.495. The van der Waals surface area contributed by atoms with Crippen LogP contribution in [-0.2, 0) is 0 Å². The van der Waals surface area contributed by atoms with Crippen molar-refractivity contribution in [2.75, 3.05) is 9.80 Å². The molecule has 0 amide bonds. The Bertz CT molecular complexity index is 2220. The maximum Gasteiger partial charge on any atom is 0.0540 e. The highest BCUT2D eigenvalue weighted by Gasteiger charge is 2.20. The van der Waals surface area contributed by atoms with Crippen molar-refractivity contribution in [1.82, 2.24) is 0 Å². The summed E-state index contributed by atoms with van der Waals surface area (Å²) in [6.07, 6.45) is 7.76. The van der Waals surface area contributed by atoms with E-state index >= 15 is 0 Å². The monoisotopic (exact) mass is 604 g/mol. The summed E-state index contributed by atoms with van der Waals surface area (Å²) in [6, 6.07) is 59.0. The molecule has 1 unspecified atom stereocenters. The highest BCUT2D eigenvalue weighted by atomic mass is 15.2. The number of hydrogen-bond acceptors (Lipinski definition) is 2. The van der Waals surface area contributed by atoms with E-state index < -0.39 is 0 Å². The van der Waals surface area contributed by atoms with E-state index in [2.05, 4.69) is 199 Å². The van der Waals surface area contributed by atoms with Gasteiger partial charge in [0.1, 0.15) is 0 Å². The minimum absolute atomic E-state index is 0.495. The molecular formula is C45H36N2. The predicted octanol–water partition coefficient (Wildman–Crippen LogP) is 12.7. The van der Waals surface area contributed by atoms with E-state index in [0.717, 1.165) is 17.8 Å². The Morgan fingerprint density at radius 2 is 0.915 bits per heavy atom. The molecule has 0 fully saturated rings. The fourth-order valence-corrected chi connectivity index (χ4v) is 6.86. The van der Waals surface area contributed by atoms with E-state index in [4.69, 9.17) is 0 Å². The summed E-state index contributed by atoms with van der Waals surface area (Å²) in [5.41, 5.74) is 9.50. The van der Waals surface area contributed by atoms with Gasteiger partial charge in [0.25, 0.3) is 0 Å². The van der Waals surface area contributed by atoms with Crippen LogP contribution in [0.5, 0.6) is 0 Å². The van der Waals surface area contributed by atoms with Crippen LogP contribution in [0.4, 0.5) is 28.4 Å². The maximum absolute atomic E-state index is 2.44. The molecule has 0 N–H and O–H groups in total. The first-order chi connectivity index (χ1) is 23.2. The highest BCUT2D eigenvalue weighted by Crippen LogP contribution is 2.41. The third-order valence-corrected chi connectivity index (χ3v) is 9.16. The number of nitrogens with zero attached hydrogens (tertiary/aromatic N) is 2. The maximum atomic E-state index is 2.44. The summed E-state index contributed by atoms with van der Waals surface area (Å²) in [4.78, 5) is 4.79. The minimum Gasteiger partial charge on any atom is -0.314 e. The average Bonchev–Trinajstić information content (AvgIpc) is 3.13. The summed E-state index contributed by atoms with van der Waals surface area (Å²) in [5, 5.41) is 4.97. The Kier molecular flexibility index (Phi) is 7.61. The summed E-state index contributed by atoms with van der Waals surface area (Å²) < 4.78 is 0. The number of allylic oxidation sites excluding steroid dienone is 4. The number of para-hydroxylation sites is 1. The lowest BCUT2D eigenvalue weighted by Gasteiger charge is -2.31. The molecule has 0 saturated heterocycles. The standard InChI is InChI=1S/C45H36N2/c1-33-12-9-19-41(32-33)47(45-23-11-16-37-14-6-8-21-43(37)45)40-30-26-35(27-31-40)34-24-28-39(29-25-34)46(38-17-3-2-4-18-38)44-22-10-15-36-13-5-7-20-42(36)44/h2-31,33H,32H2,1H3. The minimum atomic E-state index is 0.495. The molecule has 2 heteroatoms. The zero-order valence-electron chi connectivity index (χ0n) is 26.5. The van der Waals surface area contributed by atoms with Crippen LogP contribution in [0.2, 0.25) is 0 Å². The Morgan fingerprint density at radius 3 is 1.49 bits per heavy atom. The zero-order chi connectivity index (χ0) is 31.6. The van der Waals surface area contributed by atoms with E-state index in [-0.39, 0.29) is 0 Å². The smallest absolute Gasteiger partial charge is 0.0540 e. The molecule has 7 aromatic carbocycles. The topological polar surface area (TPSA) is 6.48 Å². The molecule has 0 radical (unpaired) electrons. The van der Waals surface area contributed by atoms with Gasteiger partial charge >= 0.3 is 0 Å². The molecule has 0 aliphatic heterocycles. The fourth-order valence-electron chi connectivity index (χ4n) is 6.86. The Balaban J connectivity index is 1.15. The van der Waals surface area contributed by atoms with Crippen molar-refractivity contribution in [2.24, 2.45) is 5.92 Å². The lowest BCUT2D eigenvalue weighted by atomic mass is 9.97. The molecule has 1 aliphatic carbocycles. The third kappa shape index (κ3) is 5.60. The molecule has 0 aromatic heterocycles. The molecule has 0 bridgehead atoms. The van der Waals surface area contributed by atoms with Gasteiger partial charge in [-0.2, -0.15) is 0 Å². The van der Waals surface area contributed by atoms with Gasteiger partial charge in [-0.1, -0.05) is 134 Å². The second kappa shape index (κ2) is 12.5. The molecule has 2 nitrogen and oxygen atoms in total. The van der Waals surface area contributed by atoms with Crippen molar-refractivity contribution in [3.05, 3.63) is 188 Å². The van der Waals surface area contributed by atoms with Gasteiger partial charge in [0.2, 0.25) is 0 Å². The van der Waals surface area contributed by atoms with Gasteiger partial charge in [-0.3, -0.25) is 0 Å². The normalized spacial score (nSPS) is 14.2. The molecule has 7 aromatic rings. The van der Waals surface area contributed by atoms with Crippen LogP contribution in [0.3, 0.4) is 0 Å². The van der Waals surface area contributed by atoms with Crippen molar-refractivity contribution >= 4 is 50.0 Å². The van der Waals surface area contributed by atoms with Gasteiger partial charge in [0.15, 0.2) is 0 Å². The number of fused-ring (bicyclic) bond motifs is 2. The van der Waals surface area contributed by atoms with E-state index in [9.17, 15) is 0 Å². The van der Waals surface area contributed by atoms with E-state index in [1.54, 1.807) is 0 Å². The summed E-state index contributed by atoms with van der Waals surface area (Å²) in [6.45, 7) is 2.29. The van der Waals surface area contributed by atoms with Crippen molar-refractivity contribution in [2.45, 2.75) is 13.3 Å². The molecule has 8 rings (SSSR count). The Hall–Kier alpha value is -5.86. The van der Waals surface area contributed by atoms with Crippen LogP contribution in [0, 0.1) is 5.92 Å². The second-order valence-electron chi connectivity index (χ2n) is 12.3. The Labute approximate surface area is 277 Å². The predicted molar refractivity (Wildman–Crippen MR) is 201 cm³/mol. The third-order valence-electron chi connectivity index (χ3n) is 9.16. The van der Waals surface area contributed by atoms with E-state index in [0.29, 0.717) is 5.92 Å². The first kappa shape index (κ1) is 28.6. The van der Waals surface area contributed by atoms with Crippen molar-refractivity contribution < 1.29 is 0 Å². The Morgan fingerprint density at radius 1 is 0.447 bits per heavy atom. The molecule has 1 aliphatic rings. The van der Waals surface area contributed by atoms with Crippen LogP contribution >= 0.6 is 0 Å². The number of anilines is 5. The SMILES string of the molecule is CC1C=CC=C(N(c2ccc(-c3ccc(N(c4ccccc4)c4cccc5ccccc45)cc3)cc2)c2cccc3ccccc23)C1. The van der Waals surface area contributed by atoms with Gasteiger partial charge in [-0.15, -0.1) is 0 Å². The van der Waals surface area contributed by atoms with Gasteiger partial charge < -0.3 is 9.80 Å². The number of benzene rings is 7. The first-order valence-corrected chi connectivity index (χ1v) is 16.4. The number of hydrogen-bond donors (Lipinski definition) is 0. The van der Waals surface area contributed by atoms with E-state index in [1.165, 1.54) is 55.4 Å². The van der Waals surface area contributed by atoms with Crippen LogP contribution in [0.1, 0.15) is 13.3 Å². The number of rotatable bonds is 7. The second-order valence-corrected chi connectivity index (χ2v) is 12.3. The largest absolute Gasteiger partial charge is 0.314 e. The van der Waals surface area contributed by atoms with Gasteiger partial charge in [0.05, 0.1) is 11.4 Å². The molecule has 0 heterocycles. The van der Waals surface area contributed by atoms with Gasteiger partial charge in [0, 0.05) is 33.5 Å². The van der Waals surface area contributed by atoms with Crippen LogP contribution in [-0.4, -0.2) is 0 Å². The molecule has 0 spiro atoms.